The number of hydrazone groups is 1. The normalized spacial score (nSPS) is 21.1. The van der Waals surface area contributed by atoms with E-state index in [4.69, 9.17) is 23.2 Å². The first kappa shape index (κ1) is 18.3. The van der Waals surface area contributed by atoms with Gasteiger partial charge < -0.3 is 10.6 Å². The number of thioether (sulfide) groups is 1. The predicted octanol–water partition coefficient (Wildman–Crippen LogP) is 5.22. The van der Waals surface area contributed by atoms with E-state index in [1.165, 1.54) is 5.56 Å². The molecule has 0 spiro atoms. The molecule has 2 heterocycles. The molecule has 4 rings (SSSR count). The highest BCUT2D eigenvalue weighted by Crippen LogP contribution is 2.29. The number of anilines is 1. The van der Waals surface area contributed by atoms with Crippen LogP contribution >= 0.6 is 35.0 Å². The van der Waals surface area contributed by atoms with Crippen LogP contribution in [0.1, 0.15) is 16.7 Å². The lowest BCUT2D eigenvalue weighted by Crippen LogP contribution is -2.32. The first-order valence-electron chi connectivity index (χ1n) is 8.48. The molecule has 0 saturated carbocycles. The van der Waals surface area contributed by atoms with E-state index in [9.17, 15) is 0 Å². The molecular formula is C20H18Cl2N4S. The van der Waals surface area contributed by atoms with Crippen LogP contribution in [0.15, 0.2) is 58.5 Å². The van der Waals surface area contributed by atoms with Crippen LogP contribution in [0, 0.1) is 6.92 Å². The third kappa shape index (κ3) is 4.26. The minimum Gasteiger partial charge on any atom is -0.365 e. The Morgan fingerprint density at radius 2 is 1.96 bits per heavy atom. The number of nitrogens with one attached hydrogen (secondary N) is 3. The van der Waals surface area contributed by atoms with Crippen molar-refractivity contribution < 1.29 is 0 Å². The van der Waals surface area contributed by atoms with Gasteiger partial charge in [-0.3, -0.25) is 5.43 Å². The van der Waals surface area contributed by atoms with Gasteiger partial charge in [0.25, 0.3) is 0 Å². The fourth-order valence-electron chi connectivity index (χ4n) is 2.88. The molecule has 0 unspecified atom stereocenters. The van der Waals surface area contributed by atoms with Crippen molar-refractivity contribution >= 4 is 58.6 Å². The highest BCUT2D eigenvalue weighted by molar-refractivity contribution is 8.03. The summed E-state index contributed by atoms with van der Waals surface area (Å²) in [6.45, 7) is 2.07. The van der Waals surface area contributed by atoms with Crippen LogP contribution in [0.25, 0.3) is 11.8 Å². The van der Waals surface area contributed by atoms with Crippen LogP contribution in [0.4, 0.5) is 5.69 Å². The van der Waals surface area contributed by atoms with Gasteiger partial charge in [-0.15, -0.1) is 0 Å². The van der Waals surface area contributed by atoms with Gasteiger partial charge >= 0.3 is 0 Å². The average molecular weight is 417 g/mol. The molecule has 2 aromatic rings. The van der Waals surface area contributed by atoms with Gasteiger partial charge in [-0.2, -0.15) is 5.10 Å². The van der Waals surface area contributed by atoms with Crippen LogP contribution in [-0.2, 0) is 0 Å². The van der Waals surface area contributed by atoms with Gasteiger partial charge in [-0.05, 0) is 53.8 Å². The van der Waals surface area contributed by atoms with E-state index in [-0.39, 0.29) is 11.0 Å². The number of nitrogens with zero attached hydrogens (tertiary/aromatic N) is 1. The monoisotopic (exact) mass is 416 g/mol. The van der Waals surface area contributed by atoms with Gasteiger partial charge in [-0.25, -0.2) is 0 Å². The first-order valence-corrected chi connectivity index (χ1v) is 10.2. The van der Waals surface area contributed by atoms with Crippen LogP contribution < -0.4 is 16.1 Å². The fourth-order valence-corrected chi connectivity index (χ4v) is 4.03. The number of hydrogen-bond acceptors (Lipinski definition) is 5. The van der Waals surface area contributed by atoms with Crippen molar-refractivity contribution in [2.24, 2.45) is 5.10 Å². The molecular weight excluding hydrogens is 399 g/mol. The van der Waals surface area contributed by atoms with Gasteiger partial charge in [0.1, 0.15) is 5.50 Å². The van der Waals surface area contributed by atoms with Gasteiger partial charge in [0.15, 0.2) is 5.50 Å². The van der Waals surface area contributed by atoms with Crippen molar-refractivity contribution in [2.45, 2.75) is 17.9 Å². The Kier molecular flexibility index (Phi) is 5.34. The Bertz CT molecular complexity index is 937. The molecule has 2 aliphatic heterocycles. The van der Waals surface area contributed by atoms with Crippen molar-refractivity contribution in [3.8, 4) is 0 Å². The van der Waals surface area contributed by atoms with E-state index in [2.05, 4.69) is 51.7 Å². The van der Waals surface area contributed by atoms with Crippen molar-refractivity contribution in [1.29, 1.82) is 0 Å². The molecule has 4 nitrogen and oxygen atoms in total. The summed E-state index contributed by atoms with van der Waals surface area (Å²) in [5, 5.41) is 13.8. The third-order valence-electron chi connectivity index (χ3n) is 4.27. The molecule has 27 heavy (non-hydrogen) atoms. The minimum absolute atomic E-state index is 0.0348. The summed E-state index contributed by atoms with van der Waals surface area (Å²) < 4.78 is 0. The summed E-state index contributed by atoms with van der Waals surface area (Å²) in [7, 11) is 0. The van der Waals surface area contributed by atoms with E-state index < -0.39 is 0 Å². The Morgan fingerprint density at radius 1 is 1.15 bits per heavy atom. The van der Waals surface area contributed by atoms with Crippen molar-refractivity contribution in [3.05, 3.63) is 75.2 Å². The number of hydrogen-bond donors (Lipinski definition) is 3. The second kappa shape index (κ2) is 7.89. The van der Waals surface area contributed by atoms with Crippen LogP contribution in [0.5, 0.6) is 0 Å². The summed E-state index contributed by atoms with van der Waals surface area (Å²) in [4.78, 5) is 0. The molecule has 7 heteroatoms. The molecule has 0 fully saturated rings. The number of halogens is 2. The van der Waals surface area contributed by atoms with E-state index >= 15 is 0 Å². The zero-order valence-electron chi connectivity index (χ0n) is 14.5. The molecule has 0 radical (unpaired) electrons. The Morgan fingerprint density at radius 3 is 2.78 bits per heavy atom. The number of aryl methyl sites for hydroxylation is 1. The molecule has 0 aromatic heterocycles. The van der Waals surface area contributed by atoms with Gasteiger partial charge in [-0.1, -0.05) is 58.7 Å². The van der Waals surface area contributed by atoms with E-state index in [0.29, 0.717) is 0 Å². The Hall–Kier alpha value is -2.08. The fraction of sp³-hybridized carbons (Fsp3) is 0.150. The maximum atomic E-state index is 6.42. The van der Waals surface area contributed by atoms with Crippen molar-refractivity contribution in [1.82, 2.24) is 10.7 Å². The standard InChI is InChI=1S/C20H18Cl2N4S/c1-12-2-7-17-14(8-12)9-15(19(22)24-17)10-23-26-20-25-18(11-27-20)13-3-5-16(21)6-4-13/h2-11,19-20,24-26H,1H3/b23-10-/t19-,20+/m0/s1. The summed E-state index contributed by atoms with van der Waals surface area (Å²) >= 11 is 14.0. The lowest BCUT2D eigenvalue weighted by atomic mass is 10.0. The number of rotatable bonds is 4. The number of benzene rings is 2. The molecule has 3 N–H and O–H groups in total. The van der Waals surface area contributed by atoms with Crippen molar-refractivity contribution in [2.75, 3.05) is 5.32 Å². The molecule has 2 aliphatic rings. The second-order valence-corrected chi connectivity index (χ2v) is 8.18. The quantitative estimate of drug-likeness (QED) is 0.277. The zero-order chi connectivity index (χ0) is 18.8. The second-order valence-electron chi connectivity index (χ2n) is 6.33. The topological polar surface area (TPSA) is 48.5 Å². The SMILES string of the molecule is Cc1ccc2c(c1)C=C(/C=N\N[C@H]1NC(c3ccc(Cl)cc3)=CS1)[C@@H](Cl)N2. The molecule has 138 valence electrons. The lowest BCUT2D eigenvalue weighted by molar-refractivity contribution is 0.657. The zero-order valence-corrected chi connectivity index (χ0v) is 16.9. The summed E-state index contributed by atoms with van der Waals surface area (Å²) in [5.41, 5.74) is 9.18. The van der Waals surface area contributed by atoms with E-state index in [0.717, 1.165) is 33.1 Å². The van der Waals surface area contributed by atoms with Crippen LogP contribution in [0.3, 0.4) is 0 Å². The maximum Gasteiger partial charge on any atom is 0.165 e. The average Bonchev–Trinajstić information content (AvgIpc) is 3.12. The smallest absolute Gasteiger partial charge is 0.165 e. The molecule has 0 amide bonds. The molecule has 2 aromatic carbocycles. The Balaban J connectivity index is 1.38. The van der Waals surface area contributed by atoms with Gasteiger partial charge in [0, 0.05) is 16.3 Å². The van der Waals surface area contributed by atoms with E-state index in [1.54, 1.807) is 18.0 Å². The maximum absolute atomic E-state index is 6.42. The molecule has 2 atom stereocenters. The summed E-state index contributed by atoms with van der Waals surface area (Å²) in [6, 6.07) is 14.0. The Labute approximate surface area is 172 Å². The number of alkyl halides is 1. The van der Waals surface area contributed by atoms with Gasteiger partial charge in [0.2, 0.25) is 0 Å². The number of fused-ring (bicyclic) bond motifs is 1. The third-order valence-corrected chi connectivity index (χ3v) is 5.75. The van der Waals surface area contributed by atoms with Crippen LogP contribution in [0.2, 0.25) is 5.02 Å². The summed E-state index contributed by atoms with van der Waals surface area (Å²) in [5.74, 6) is 0. The predicted molar refractivity (Wildman–Crippen MR) is 118 cm³/mol. The highest BCUT2D eigenvalue weighted by Gasteiger charge is 2.19. The first-order chi connectivity index (χ1) is 13.1. The molecule has 0 aliphatic carbocycles. The van der Waals surface area contributed by atoms with Gasteiger partial charge in [0.05, 0.1) is 11.9 Å². The highest BCUT2D eigenvalue weighted by atomic mass is 35.5. The summed E-state index contributed by atoms with van der Waals surface area (Å²) in [6.07, 6.45) is 3.83. The van der Waals surface area contributed by atoms with E-state index in [1.807, 2.05) is 30.3 Å². The lowest BCUT2D eigenvalue weighted by Gasteiger charge is -2.22. The largest absolute Gasteiger partial charge is 0.365 e. The van der Waals surface area contributed by atoms with Crippen molar-refractivity contribution in [3.63, 3.8) is 0 Å². The van der Waals surface area contributed by atoms with Crippen LogP contribution in [-0.4, -0.2) is 17.2 Å². The minimum atomic E-state index is -0.308. The molecule has 0 saturated heterocycles. The molecule has 0 bridgehead atoms.